The van der Waals surface area contributed by atoms with Gasteiger partial charge in [-0.2, -0.15) is 11.8 Å². The molecule has 0 aromatic carbocycles. The van der Waals surface area contributed by atoms with Crippen LogP contribution < -0.4 is 5.32 Å². The first-order chi connectivity index (χ1) is 8.13. The van der Waals surface area contributed by atoms with Gasteiger partial charge in [0.15, 0.2) is 0 Å². The summed E-state index contributed by atoms with van der Waals surface area (Å²) in [6, 6.07) is -0.0576. The van der Waals surface area contributed by atoms with Crippen LogP contribution in [0.1, 0.15) is 26.2 Å². The van der Waals surface area contributed by atoms with Gasteiger partial charge in [0.05, 0.1) is 12.5 Å². The third-order valence-corrected chi connectivity index (χ3v) is 4.16. The van der Waals surface area contributed by atoms with Gasteiger partial charge >= 0.3 is 0 Å². The first kappa shape index (κ1) is 12.9. The standard InChI is InChI=1S/C12H20N2O2S/c1-8(7-17-2)6-13-10-5-11(15)14(12(10)16)9-3-4-9/h8-10,13H,3-7H2,1-2H3. The summed E-state index contributed by atoms with van der Waals surface area (Å²) in [6.45, 7) is 2.96. The lowest BCUT2D eigenvalue weighted by atomic mass is 10.2. The van der Waals surface area contributed by atoms with E-state index < -0.39 is 0 Å². The molecule has 0 aromatic rings. The van der Waals surface area contributed by atoms with E-state index in [-0.39, 0.29) is 23.9 Å². The van der Waals surface area contributed by atoms with Crippen molar-refractivity contribution in [1.29, 1.82) is 0 Å². The summed E-state index contributed by atoms with van der Waals surface area (Å²) in [4.78, 5) is 25.2. The fraction of sp³-hybridized carbons (Fsp3) is 0.833. The molecule has 5 heteroatoms. The van der Waals surface area contributed by atoms with Crippen LogP contribution in [-0.4, -0.2) is 47.4 Å². The molecule has 1 aliphatic carbocycles. The zero-order chi connectivity index (χ0) is 12.4. The molecular weight excluding hydrogens is 236 g/mol. The number of carbonyl (C=O) groups excluding carboxylic acids is 2. The maximum absolute atomic E-state index is 12.0. The lowest BCUT2D eigenvalue weighted by molar-refractivity contribution is -0.139. The van der Waals surface area contributed by atoms with Crippen LogP contribution in [0.2, 0.25) is 0 Å². The fourth-order valence-corrected chi connectivity index (χ4v) is 2.90. The molecule has 17 heavy (non-hydrogen) atoms. The highest BCUT2D eigenvalue weighted by Gasteiger charge is 2.45. The number of hydrogen-bond donors (Lipinski definition) is 1. The summed E-state index contributed by atoms with van der Waals surface area (Å²) in [5, 5.41) is 3.23. The van der Waals surface area contributed by atoms with Gasteiger partial charge in [0.2, 0.25) is 11.8 Å². The minimum atomic E-state index is -0.271. The molecule has 0 bridgehead atoms. The molecule has 1 aliphatic heterocycles. The monoisotopic (exact) mass is 256 g/mol. The Morgan fingerprint density at radius 2 is 2.18 bits per heavy atom. The van der Waals surface area contributed by atoms with Crippen molar-refractivity contribution in [2.24, 2.45) is 5.92 Å². The van der Waals surface area contributed by atoms with Crippen LogP contribution in [-0.2, 0) is 9.59 Å². The number of thioether (sulfide) groups is 1. The predicted molar refractivity (Wildman–Crippen MR) is 68.8 cm³/mol. The van der Waals surface area contributed by atoms with Crippen LogP contribution >= 0.6 is 11.8 Å². The summed E-state index contributed by atoms with van der Waals surface area (Å²) in [6.07, 6.45) is 4.41. The first-order valence-corrected chi connectivity index (χ1v) is 7.61. The van der Waals surface area contributed by atoms with E-state index in [1.807, 2.05) is 0 Å². The molecule has 0 radical (unpaired) electrons. The van der Waals surface area contributed by atoms with Gasteiger partial charge in [0.25, 0.3) is 0 Å². The summed E-state index contributed by atoms with van der Waals surface area (Å²) >= 11 is 1.81. The zero-order valence-electron chi connectivity index (χ0n) is 10.4. The third kappa shape index (κ3) is 3.01. The summed E-state index contributed by atoms with van der Waals surface area (Å²) in [5.41, 5.74) is 0. The number of nitrogens with zero attached hydrogens (tertiary/aromatic N) is 1. The van der Waals surface area contributed by atoms with Gasteiger partial charge in [-0.3, -0.25) is 14.5 Å². The van der Waals surface area contributed by atoms with E-state index in [0.717, 1.165) is 25.1 Å². The SMILES string of the molecule is CSCC(C)CNC1CC(=O)N(C2CC2)C1=O. The maximum atomic E-state index is 12.0. The molecule has 96 valence electrons. The third-order valence-electron chi connectivity index (χ3n) is 3.26. The second-order valence-electron chi connectivity index (χ2n) is 5.06. The highest BCUT2D eigenvalue weighted by molar-refractivity contribution is 7.98. The lowest BCUT2D eigenvalue weighted by Crippen LogP contribution is -2.41. The summed E-state index contributed by atoms with van der Waals surface area (Å²) in [7, 11) is 0. The predicted octanol–water partition coefficient (Wildman–Crippen LogP) is 0.865. The van der Waals surface area contributed by atoms with Gasteiger partial charge in [-0.15, -0.1) is 0 Å². The van der Waals surface area contributed by atoms with Gasteiger partial charge < -0.3 is 5.32 Å². The number of imide groups is 1. The second kappa shape index (κ2) is 5.40. The Hall–Kier alpha value is -0.550. The van der Waals surface area contributed by atoms with E-state index in [4.69, 9.17) is 0 Å². The fourth-order valence-electron chi connectivity index (χ4n) is 2.21. The van der Waals surface area contributed by atoms with Crippen molar-refractivity contribution in [1.82, 2.24) is 10.2 Å². The quantitative estimate of drug-likeness (QED) is 0.716. The molecule has 4 nitrogen and oxygen atoms in total. The van der Waals surface area contributed by atoms with E-state index in [9.17, 15) is 9.59 Å². The Labute approximate surface area is 106 Å². The summed E-state index contributed by atoms with van der Waals surface area (Å²) in [5.74, 6) is 1.61. The number of hydrogen-bond acceptors (Lipinski definition) is 4. The van der Waals surface area contributed by atoms with Crippen LogP contribution in [0.25, 0.3) is 0 Å². The van der Waals surface area contributed by atoms with E-state index in [0.29, 0.717) is 12.3 Å². The van der Waals surface area contributed by atoms with Crippen LogP contribution in [0.15, 0.2) is 0 Å². The number of likely N-dealkylation sites (tertiary alicyclic amines) is 1. The van der Waals surface area contributed by atoms with Gasteiger partial charge in [0, 0.05) is 6.04 Å². The zero-order valence-corrected chi connectivity index (χ0v) is 11.3. The molecule has 0 spiro atoms. The average Bonchev–Trinajstić information content (AvgIpc) is 3.05. The normalized spacial score (nSPS) is 26.7. The molecule has 1 saturated heterocycles. The van der Waals surface area contributed by atoms with Crippen molar-refractivity contribution in [3.05, 3.63) is 0 Å². The van der Waals surface area contributed by atoms with Crippen LogP contribution in [0.5, 0.6) is 0 Å². The Kier molecular flexibility index (Phi) is 4.09. The Bertz CT molecular complexity index is 318. The van der Waals surface area contributed by atoms with Crippen molar-refractivity contribution in [2.45, 2.75) is 38.3 Å². The molecule has 2 aliphatic rings. The van der Waals surface area contributed by atoms with Gasteiger partial charge in [-0.1, -0.05) is 6.92 Å². The van der Waals surface area contributed by atoms with E-state index in [2.05, 4.69) is 18.5 Å². The molecule has 1 N–H and O–H groups in total. The highest BCUT2D eigenvalue weighted by atomic mass is 32.2. The Balaban J connectivity index is 1.82. The van der Waals surface area contributed by atoms with Crippen LogP contribution in [0.3, 0.4) is 0 Å². The largest absolute Gasteiger partial charge is 0.305 e. The van der Waals surface area contributed by atoms with Gasteiger partial charge in [-0.05, 0) is 37.3 Å². The van der Waals surface area contributed by atoms with Crippen molar-refractivity contribution >= 4 is 23.6 Å². The number of amides is 2. The van der Waals surface area contributed by atoms with E-state index in [1.165, 1.54) is 4.90 Å². The van der Waals surface area contributed by atoms with Crippen molar-refractivity contribution in [3.63, 3.8) is 0 Å². The minimum absolute atomic E-state index is 0.00569. The molecule has 2 fully saturated rings. The van der Waals surface area contributed by atoms with Crippen LogP contribution in [0.4, 0.5) is 0 Å². The molecule has 2 unspecified atom stereocenters. The van der Waals surface area contributed by atoms with E-state index in [1.54, 1.807) is 11.8 Å². The van der Waals surface area contributed by atoms with Gasteiger partial charge in [0.1, 0.15) is 0 Å². The first-order valence-electron chi connectivity index (χ1n) is 6.21. The summed E-state index contributed by atoms with van der Waals surface area (Å²) < 4.78 is 0. The van der Waals surface area contributed by atoms with Crippen molar-refractivity contribution in [2.75, 3.05) is 18.6 Å². The molecule has 1 saturated carbocycles. The molecule has 0 aromatic heterocycles. The maximum Gasteiger partial charge on any atom is 0.247 e. The highest BCUT2D eigenvalue weighted by Crippen LogP contribution is 2.31. The number of carbonyl (C=O) groups is 2. The van der Waals surface area contributed by atoms with Crippen LogP contribution in [0, 0.1) is 5.92 Å². The number of nitrogens with one attached hydrogen (secondary N) is 1. The Morgan fingerprint density at radius 3 is 2.76 bits per heavy atom. The lowest BCUT2D eigenvalue weighted by Gasteiger charge is -2.16. The molecule has 2 rings (SSSR count). The average molecular weight is 256 g/mol. The van der Waals surface area contributed by atoms with Gasteiger partial charge in [-0.25, -0.2) is 0 Å². The van der Waals surface area contributed by atoms with Crippen molar-refractivity contribution < 1.29 is 9.59 Å². The molecule has 1 heterocycles. The topological polar surface area (TPSA) is 49.4 Å². The smallest absolute Gasteiger partial charge is 0.247 e. The van der Waals surface area contributed by atoms with Crippen molar-refractivity contribution in [3.8, 4) is 0 Å². The molecule has 2 amide bonds. The molecular formula is C12H20N2O2S. The minimum Gasteiger partial charge on any atom is -0.305 e. The Morgan fingerprint density at radius 1 is 1.47 bits per heavy atom. The van der Waals surface area contributed by atoms with E-state index >= 15 is 0 Å². The number of rotatable bonds is 6. The molecule has 2 atom stereocenters. The second-order valence-corrected chi connectivity index (χ2v) is 5.97.